The largest absolute Gasteiger partial charge is 0.497 e. The molecule has 0 bridgehead atoms. The molecule has 2 rings (SSSR count). The maximum Gasteiger partial charge on any atom is 0.492 e. The van der Waals surface area contributed by atoms with Crippen molar-refractivity contribution >= 4 is 12.6 Å². The average Bonchev–Trinajstić information content (AvgIpc) is 3.00. The first-order valence-corrected chi connectivity index (χ1v) is 4.76. The van der Waals surface area contributed by atoms with Crippen molar-refractivity contribution in [2.75, 3.05) is 7.11 Å². The molecule has 0 saturated heterocycles. The van der Waals surface area contributed by atoms with E-state index < -0.39 is 7.12 Å². The van der Waals surface area contributed by atoms with Gasteiger partial charge < -0.3 is 14.8 Å². The quantitative estimate of drug-likeness (QED) is 0.675. The fraction of sp³-hybridized carbons (Fsp3) is 0.400. The molecule has 3 nitrogen and oxygen atoms in total. The number of rotatable bonds is 3. The predicted molar refractivity (Wildman–Crippen MR) is 54.8 cm³/mol. The summed E-state index contributed by atoms with van der Waals surface area (Å²) in [4.78, 5) is 0. The fourth-order valence-electron chi connectivity index (χ4n) is 1.63. The Morgan fingerprint density at radius 1 is 1.36 bits per heavy atom. The van der Waals surface area contributed by atoms with Gasteiger partial charge in [-0.15, -0.1) is 0 Å². The van der Waals surface area contributed by atoms with E-state index >= 15 is 0 Å². The van der Waals surface area contributed by atoms with Gasteiger partial charge in [0.1, 0.15) is 5.75 Å². The predicted octanol–water partition coefficient (Wildman–Crippen LogP) is 0.252. The van der Waals surface area contributed by atoms with Gasteiger partial charge in [0, 0.05) is 5.46 Å². The van der Waals surface area contributed by atoms with Gasteiger partial charge in [-0.2, -0.15) is 0 Å². The maximum atomic E-state index is 9.14. The molecule has 0 amide bonds. The summed E-state index contributed by atoms with van der Waals surface area (Å²) in [7, 11) is 0.0709. The van der Waals surface area contributed by atoms with E-state index in [2.05, 4.69) is 0 Å². The van der Waals surface area contributed by atoms with Crippen molar-refractivity contribution in [2.45, 2.75) is 18.8 Å². The van der Waals surface area contributed by atoms with Gasteiger partial charge in [0.05, 0.1) is 7.11 Å². The molecule has 0 heterocycles. The number of hydrogen-bond acceptors (Lipinski definition) is 3. The number of benzene rings is 1. The van der Waals surface area contributed by atoms with Crippen LogP contribution in [-0.2, 0) is 0 Å². The van der Waals surface area contributed by atoms with E-state index in [4.69, 9.17) is 14.8 Å². The van der Waals surface area contributed by atoms with Crippen molar-refractivity contribution in [3.05, 3.63) is 23.8 Å². The third-order valence-electron chi connectivity index (χ3n) is 2.58. The van der Waals surface area contributed by atoms with Crippen LogP contribution in [0.2, 0.25) is 0 Å². The zero-order chi connectivity index (χ0) is 10.1. The van der Waals surface area contributed by atoms with Gasteiger partial charge in [0.15, 0.2) is 0 Å². The molecule has 1 aromatic rings. The fourth-order valence-corrected chi connectivity index (χ4v) is 1.63. The second-order valence-electron chi connectivity index (χ2n) is 3.65. The molecular formula is C10H13BO3. The second-order valence-corrected chi connectivity index (χ2v) is 3.65. The molecule has 0 atom stereocenters. The van der Waals surface area contributed by atoms with Crippen LogP contribution in [0.5, 0.6) is 5.75 Å². The van der Waals surface area contributed by atoms with Crippen LogP contribution in [0.3, 0.4) is 0 Å². The van der Waals surface area contributed by atoms with E-state index in [1.165, 1.54) is 25.5 Å². The van der Waals surface area contributed by atoms with Crippen molar-refractivity contribution < 1.29 is 14.8 Å². The van der Waals surface area contributed by atoms with Crippen LogP contribution in [-0.4, -0.2) is 24.3 Å². The third-order valence-corrected chi connectivity index (χ3v) is 2.58. The number of methoxy groups -OCH3 is 1. The van der Waals surface area contributed by atoms with E-state index in [-0.39, 0.29) is 0 Å². The Morgan fingerprint density at radius 2 is 2.07 bits per heavy atom. The van der Waals surface area contributed by atoms with Gasteiger partial charge >= 0.3 is 7.12 Å². The maximum absolute atomic E-state index is 9.14. The summed E-state index contributed by atoms with van der Waals surface area (Å²) in [5, 5.41) is 18.3. The van der Waals surface area contributed by atoms with Crippen molar-refractivity contribution in [2.24, 2.45) is 0 Å². The SMILES string of the molecule is COc1ccc(C2CC2)cc1B(O)O. The zero-order valence-electron chi connectivity index (χ0n) is 8.10. The minimum atomic E-state index is -1.45. The van der Waals surface area contributed by atoms with Gasteiger partial charge in [-0.3, -0.25) is 0 Å². The van der Waals surface area contributed by atoms with Crippen LogP contribution in [0.15, 0.2) is 18.2 Å². The monoisotopic (exact) mass is 192 g/mol. The van der Waals surface area contributed by atoms with E-state index in [9.17, 15) is 0 Å². The number of ether oxygens (including phenoxy) is 1. The highest BCUT2D eigenvalue weighted by Crippen LogP contribution is 2.40. The lowest BCUT2D eigenvalue weighted by Gasteiger charge is -2.09. The van der Waals surface area contributed by atoms with Crippen LogP contribution >= 0.6 is 0 Å². The molecule has 1 saturated carbocycles. The lowest BCUT2D eigenvalue weighted by molar-refractivity contribution is 0.403. The Balaban J connectivity index is 2.35. The van der Waals surface area contributed by atoms with E-state index in [0.717, 1.165) is 0 Å². The molecule has 14 heavy (non-hydrogen) atoms. The highest BCUT2D eigenvalue weighted by atomic mass is 16.5. The van der Waals surface area contributed by atoms with Crippen molar-refractivity contribution in [3.63, 3.8) is 0 Å². The summed E-state index contributed by atoms with van der Waals surface area (Å²) in [6.45, 7) is 0. The van der Waals surface area contributed by atoms with Gasteiger partial charge in [0.2, 0.25) is 0 Å². The summed E-state index contributed by atoms with van der Waals surface area (Å²) in [6.07, 6.45) is 2.40. The Kier molecular flexibility index (Phi) is 2.48. The summed E-state index contributed by atoms with van der Waals surface area (Å²) in [5.41, 5.74) is 1.63. The van der Waals surface area contributed by atoms with Crippen LogP contribution in [0, 0.1) is 0 Å². The summed E-state index contributed by atoms with van der Waals surface area (Å²) in [6, 6.07) is 5.60. The van der Waals surface area contributed by atoms with Gasteiger partial charge in [-0.1, -0.05) is 12.1 Å². The molecule has 1 aromatic carbocycles. The van der Waals surface area contributed by atoms with Crippen molar-refractivity contribution in [1.29, 1.82) is 0 Å². The molecule has 0 radical (unpaired) electrons. The lowest BCUT2D eigenvalue weighted by atomic mass is 9.78. The first-order chi connectivity index (χ1) is 6.72. The molecule has 0 unspecified atom stereocenters. The highest BCUT2D eigenvalue weighted by Gasteiger charge is 2.26. The van der Waals surface area contributed by atoms with Gasteiger partial charge in [0.25, 0.3) is 0 Å². The van der Waals surface area contributed by atoms with Crippen LogP contribution in [0.25, 0.3) is 0 Å². The average molecular weight is 192 g/mol. The molecule has 0 aliphatic heterocycles. The minimum Gasteiger partial charge on any atom is -0.497 e. The molecule has 1 aliphatic rings. The molecule has 0 spiro atoms. The Bertz CT molecular complexity index is 334. The van der Waals surface area contributed by atoms with Gasteiger partial charge in [-0.25, -0.2) is 0 Å². The molecule has 4 heteroatoms. The highest BCUT2D eigenvalue weighted by molar-refractivity contribution is 6.59. The van der Waals surface area contributed by atoms with Crippen molar-refractivity contribution in [3.8, 4) is 5.75 Å². The molecule has 74 valence electrons. The minimum absolute atomic E-state index is 0.455. The van der Waals surface area contributed by atoms with Crippen LogP contribution in [0.4, 0.5) is 0 Å². The Labute approximate surface area is 83.5 Å². The molecule has 1 aliphatic carbocycles. The van der Waals surface area contributed by atoms with Gasteiger partial charge in [-0.05, 0) is 30.4 Å². The standard InChI is InChI=1S/C10H13BO3/c1-14-10-5-4-8(7-2-3-7)6-9(10)11(12)13/h4-7,12-13H,2-3H2,1H3. The second kappa shape index (κ2) is 3.63. The normalized spacial score (nSPS) is 15.4. The molecule has 2 N–H and O–H groups in total. The molecular weight excluding hydrogens is 179 g/mol. The summed E-state index contributed by atoms with van der Waals surface area (Å²) < 4.78 is 5.04. The van der Waals surface area contributed by atoms with E-state index in [1.807, 2.05) is 12.1 Å². The Hall–Kier alpha value is -0.995. The molecule has 1 fully saturated rings. The summed E-state index contributed by atoms with van der Waals surface area (Å²) >= 11 is 0. The smallest absolute Gasteiger partial charge is 0.492 e. The van der Waals surface area contributed by atoms with E-state index in [1.54, 1.807) is 6.07 Å². The van der Waals surface area contributed by atoms with E-state index in [0.29, 0.717) is 17.1 Å². The van der Waals surface area contributed by atoms with Crippen molar-refractivity contribution in [1.82, 2.24) is 0 Å². The summed E-state index contributed by atoms with van der Waals surface area (Å²) in [5.74, 6) is 1.14. The van der Waals surface area contributed by atoms with Crippen LogP contribution < -0.4 is 10.2 Å². The topological polar surface area (TPSA) is 49.7 Å². The first-order valence-electron chi connectivity index (χ1n) is 4.76. The van der Waals surface area contributed by atoms with Crippen LogP contribution in [0.1, 0.15) is 24.3 Å². The molecule has 0 aromatic heterocycles. The zero-order valence-corrected chi connectivity index (χ0v) is 8.10. The third kappa shape index (κ3) is 1.76. The Morgan fingerprint density at radius 3 is 2.57 bits per heavy atom. The lowest BCUT2D eigenvalue weighted by Crippen LogP contribution is -2.31. The number of hydrogen-bond donors (Lipinski definition) is 2. The first kappa shape index (κ1) is 9.56.